The molecule has 1 aromatic heterocycles. The average molecular weight is 360 g/mol. The summed E-state index contributed by atoms with van der Waals surface area (Å²) in [4.78, 5) is 30.3. The normalized spacial score (nSPS) is 16.8. The second-order valence-corrected chi connectivity index (χ2v) is 6.12. The molecule has 0 bridgehead atoms. The largest absolute Gasteiger partial charge is 0.494 e. The quantitative estimate of drug-likeness (QED) is 0.890. The molecule has 0 unspecified atom stereocenters. The Hall–Kier alpha value is -2.60. The van der Waals surface area contributed by atoms with Gasteiger partial charge in [-0.3, -0.25) is 9.59 Å². The third-order valence-electron chi connectivity index (χ3n) is 3.93. The molecule has 1 aromatic carbocycles. The SMILES string of the molecule is CCOc1ccc(N2C[C@H](C(=O)Nc3ccc(Cl)cn3)CC2=O)cc1. The number of halogens is 1. The highest BCUT2D eigenvalue weighted by Crippen LogP contribution is 2.27. The van der Waals surface area contributed by atoms with Crippen molar-refractivity contribution in [3.63, 3.8) is 0 Å². The fraction of sp³-hybridized carbons (Fsp3) is 0.278. The number of hydrogen-bond donors (Lipinski definition) is 1. The van der Waals surface area contributed by atoms with Crippen molar-refractivity contribution >= 4 is 34.9 Å². The summed E-state index contributed by atoms with van der Waals surface area (Å²) in [6, 6.07) is 10.6. The first-order chi connectivity index (χ1) is 12.1. The van der Waals surface area contributed by atoms with Gasteiger partial charge >= 0.3 is 0 Å². The molecule has 0 spiro atoms. The van der Waals surface area contributed by atoms with Crippen LogP contribution in [0.4, 0.5) is 11.5 Å². The summed E-state index contributed by atoms with van der Waals surface area (Å²) in [6.07, 6.45) is 1.63. The van der Waals surface area contributed by atoms with Crippen molar-refractivity contribution in [3.8, 4) is 5.75 Å². The van der Waals surface area contributed by atoms with Crippen LogP contribution in [0.2, 0.25) is 5.02 Å². The van der Waals surface area contributed by atoms with E-state index in [0.29, 0.717) is 24.0 Å². The minimum absolute atomic E-state index is 0.0756. The van der Waals surface area contributed by atoms with Crippen molar-refractivity contribution in [2.45, 2.75) is 13.3 Å². The van der Waals surface area contributed by atoms with E-state index in [0.717, 1.165) is 11.4 Å². The van der Waals surface area contributed by atoms with E-state index in [9.17, 15) is 9.59 Å². The van der Waals surface area contributed by atoms with E-state index in [1.165, 1.54) is 6.20 Å². The van der Waals surface area contributed by atoms with Crippen LogP contribution >= 0.6 is 11.6 Å². The van der Waals surface area contributed by atoms with Crippen molar-refractivity contribution in [1.29, 1.82) is 0 Å². The van der Waals surface area contributed by atoms with Crippen LogP contribution in [0.25, 0.3) is 0 Å². The molecule has 1 N–H and O–H groups in total. The van der Waals surface area contributed by atoms with Crippen molar-refractivity contribution in [2.24, 2.45) is 5.92 Å². The molecule has 1 saturated heterocycles. The van der Waals surface area contributed by atoms with E-state index in [2.05, 4.69) is 10.3 Å². The number of nitrogens with one attached hydrogen (secondary N) is 1. The molecule has 1 aliphatic rings. The Morgan fingerprint density at radius 2 is 2.08 bits per heavy atom. The van der Waals surface area contributed by atoms with Crippen LogP contribution in [0.5, 0.6) is 5.75 Å². The number of ether oxygens (including phenoxy) is 1. The minimum atomic E-state index is -0.420. The number of rotatable bonds is 5. The first-order valence-corrected chi connectivity index (χ1v) is 8.40. The number of hydrogen-bond acceptors (Lipinski definition) is 4. The van der Waals surface area contributed by atoms with Gasteiger partial charge in [-0.05, 0) is 43.3 Å². The molecule has 2 amide bonds. The highest BCUT2D eigenvalue weighted by molar-refractivity contribution is 6.30. The number of nitrogens with zero attached hydrogens (tertiary/aromatic N) is 2. The first-order valence-electron chi connectivity index (χ1n) is 8.02. The number of carbonyl (C=O) groups excluding carboxylic acids is 2. The van der Waals surface area contributed by atoms with E-state index in [-0.39, 0.29) is 18.2 Å². The Morgan fingerprint density at radius 1 is 1.32 bits per heavy atom. The van der Waals surface area contributed by atoms with E-state index in [1.54, 1.807) is 17.0 Å². The van der Waals surface area contributed by atoms with Gasteiger partial charge in [-0.15, -0.1) is 0 Å². The predicted octanol–water partition coefficient (Wildman–Crippen LogP) is 3.13. The zero-order valence-electron chi connectivity index (χ0n) is 13.7. The molecular formula is C18H18ClN3O3. The van der Waals surface area contributed by atoms with Gasteiger partial charge in [-0.25, -0.2) is 4.98 Å². The van der Waals surface area contributed by atoms with Crippen LogP contribution < -0.4 is 15.0 Å². The third-order valence-corrected chi connectivity index (χ3v) is 4.16. The van der Waals surface area contributed by atoms with Gasteiger partial charge in [0, 0.05) is 24.8 Å². The second-order valence-electron chi connectivity index (χ2n) is 5.68. The first kappa shape index (κ1) is 17.2. The van der Waals surface area contributed by atoms with E-state index < -0.39 is 5.92 Å². The van der Waals surface area contributed by atoms with Gasteiger partial charge in [-0.2, -0.15) is 0 Å². The van der Waals surface area contributed by atoms with E-state index in [4.69, 9.17) is 16.3 Å². The Labute approximate surface area is 150 Å². The monoisotopic (exact) mass is 359 g/mol. The molecule has 6 nitrogen and oxygen atoms in total. The number of benzene rings is 1. The number of anilines is 2. The lowest BCUT2D eigenvalue weighted by atomic mass is 10.1. The summed E-state index contributed by atoms with van der Waals surface area (Å²) in [6.45, 7) is 2.84. The number of aromatic nitrogens is 1. The van der Waals surface area contributed by atoms with Crippen molar-refractivity contribution in [1.82, 2.24) is 4.98 Å². The Balaban J connectivity index is 1.65. The molecule has 0 aliphatic carbocycles. The van der Waals surface area contributed by atoms with Crippen LogP contribution in [-0.2, 0) is 9.59 Å². The van der Waals surface area contributed by atoms with Crippen LogP contribution in [0, 0.1) is 5.92 Å². The molecule has 1 atom stereocenters. The van der Waals surface area contributed by atoms with E-state index >= 15 is 0 Å². The second kappa shape index (κ2) is 7.53. The fourth-order valence-electron chi connectivity index (χ4n) is 2.70. The zero-order chi connectivity index (χ0) is 17.8. The van der Waals surface area contributed by atoms with Crippen LogP contribution in [0.3, 0.4) is 0 Å². The molecule has 0 radical (unpaired) electrons. The molecule has 2 aromatic rings. The molecule has 25 heavy (non-hydrogen) atoms. The minimum Gasteiger partial charge on any atom is -0.494 e. The summed E-state index contributed by atoms with van der Waals surface area (Å²) in [5.74, 6) is 0.448. The lowest BCUT2D eigenvalue weighted by Crippen LogP contribution is -2.28. The standard InChI is InChI=1S/C18H18ClN3O3/c1-2-25-15-6-4-14(5-7-15)22-11-12(9-17(22)23)18(24)21-16-8-3-13(19)10-20-16/h3-8,10,12H,2,9,11H2,1H3,(H,20,21,24)/t12-/m1/s1. The van der Waals surface area contributed by atoms with Crippen LogP contribution in [0.1, 0.15) is 13.3 Å². The van der Waals surface area contributed by atoms with Crippen molar-refractivity contribution < 1.29 is 14.3 Å². The zero-order valence-corrected chi connectivity index (χ0v) is 14.5. The number of pyridine rings is 1. The van der Waals surface area contributed by atoms with Crippen LogP contribution in [-0.4, -0.2) is 29.9 Å². The molecule has 2 heterocycles. The summed E-state index contributed by atoms with van der Waals surface area (Å²) in [5.41, 5.74) is 0.758. The summed E-state index contributed by atoms with van der Waals surface area (Å²) in [5, 5.41) is 3.22. The smallest absolute Gasteiger partial charge is 0.230 e. The highest BCUT2D eigenvalue weighted by atomic mass is 35.5. The maximum atomic E-state index is 12.4. The lowest BCUT2D eigenvalue weighted by molar-refractivity contribution is -0.122. The lowest BCUT2D eigenvalue weighted by Gasteiger charge is -2.17. The van der Waals surface area contributed by atoms with Crippen LogP contribution in [0.15, 0.2) is 42.6 Å². The Morgan fingerprint density at radius 3 is 2.72 bits per heavy atom. The Bertz CT molecular complexity index is 762. The topological polar surface area (TPSA) is 71.5 Å². The molecular weight excluding hydrogens is 342 g/mol. The van der Waals surface area contributed by atoms with Crippen molar-refractivity contribution in [3.05, 3.63) is 47.6 Å². The maximum Gasteiger partial charge on any atom is 0.230 e. The van der Waals surface area contributed by atoms with E-state index in [1.807, 2.05) is 31.2 Å². The molecule has 1 fully saturated rings. The van der Waals surface area contributed by atoms with Gasteiger partial charge in [-0.1, -0.05) is 11.6 Å². The summed E-state index contributed by atoms with van der Waals surface area (Å²) in [7, 11) is 0. The van der Waals surface area contributed by atoms with Crippen molar-refractivity contribution in [2.75, 3.05) is 23.4 Å². The number of amides is 2. The predicted molar refractivity (Wildman–Crippen MR) is 95.9 cm³/mol. The fourth-order valence-corrected chi connectivity index (χ4v) is 2.81. The molecule has 130 valence electrons. The molecule has 1 aliphatic heterocycles. The molecule has 0 saturated carbocycles. The average Bonchev–Trinajstić information content (AvgIpc) is 3.00. The van der Waals surface area contributed by atoms with Gasteiger partial charge in [0.25, 0.3) is 0 Å². The molecule has 3 rings (SSSR count). The van der Waals surface area contributed by atoms with Gasteiger partial charge < -0.3 is 15.0 Å². The Kier molecular flexibility index (Phi) is 5.19. The molecule has 7 heteroatoms. The third kappa shape index (κ3) is 4.09. The number of carbonyl (C=O) groups is 2. The highest BCUT2D eigenvalue weighted by Gasteiger charge is 2.35. The summed E-state index contributed by atoms with van der Waals surface area (Å²) >= 11 is 5.78. The van der Waals surface area contributed by atoms with Gasteiger partial charge in [0.1, 0.15) is 11.6 Å². The van der Waals surface area contributed by atoms with Gasteiger partial charge in [0.05, 0.1) is 17.5 Å². The van der Waals surface area contributed by atoms with Gasteiger partial charge in [0.2, 0.25) is 11.8 Å². The maximum absolute atomic E-state index is 12.4. The van der Waals surface area contributed by atoms with Gasteiger partial charge in [0.15, 0.2) is 0 Å². The summed E-state index contributed by atoms with van der Waals surface area (Å²) < 4.78 is 5.40.